The van der Waals surface area contributed by atoms with Crippen molar-refractivity contribution >= 4 is 27.7 Å². The monoisotopic (exact) mass is 308 g/mol. The zero-order valence-electron chi connectivity index (χ0n) is 9.78. The standard InChI is InChI=1S/C13H13BrN2O2/c14-8-1-2-10-11(7-8)13(18)16(12(10)17)9-3-5-15-6-4-9/h1-2,7,9,15H,3-6H2. The van der Waals surface area contributed by atoms with Gasteiger partial charge in [0, 0.05) is 10.5 Å². The maximum absolute atomic E-state index is 12.3. The predicted octanol–water partition coefficient (Wildman–Crippen LogP) is 1.80. The third-order valence-electron chi connectivity index (χ3n) is 3.55. The summed E-state index contributed by atoms with van der Waals surface area (Å²) in [6.07, 6.45) is 1.68. The van der Waals surface area contributed by atoms with Gasteiger partial charge in [0.05, 0.1) is 11.1 Å². The highest BCUT2D eigenvalue weighted by molar-refractivity contribution is 9.10. The summed E-state index contributed by atoms with van der Waals surface area (Å²) in [4.78, 5) is 26.1. The molecule has 18 heavy (non-hydrogen) atoms. The van der Waals surface area contributed by atoms with Gasteiger partial charge < -0.3 is 5.32 Å². The van der Waals surface area contributed by atoms with Crippen LogP contribution < -0.4 is 5.32 Å². The molecule has 0 bridgehead atoms. The molecule has 0 aromatic heterocycles. The zero-order chi connectivity index (χ0) is 12.7. The number of carbonyl (C=O) groups is 2. The van der Waals surface area contributed by atoms with Gasteiger partial charge in [0.15, 0.2) is 0 Å². The van der Waals surface area contributed by atoms with E-state index in [4.69, 9.17) is 0 Å². The first-order valence-electron chi connectivity index (χ1n) is 6.06. The minimum absolute atomic E-state index is 0.0393. The van der Waals surface area contributed by atoms with Crippen LogP contribution in [-0.2, 0) is 0 Å². The Bertz CT molecular complexity index is 524. The summed E-state index contributed by atoms with van der Waals surface area (Å²) in [7, 11) is 0. The second-order valence-electron chi connectivity index (χ2n) is 4.65. The molecule has 0 atom stereocenters. The van der Waals surface area contributed by atoms with Gasteiger partial charge in [-0.15, -0.1) is 0 Å². The molecule has 1 N–H and O–H groups in total. The highest BCUT2D eigenvalue weighted by atomic mass is 79.9. The van der Waals surface area contributed by atoms with Crippen LogP contribution in [0.1, 0.15) is 33.6 Å². The SMILES string of the molecule is O=C1c2ccc(Br)cc2C(=O)N1C1CCNCC1. The van der Waals surface area contributed by atoms with E-state index in [1.54, 1.807) is 18.2 Å². The third kappa shape index (κ3) is 1.78. The van der Waals surface area contributed by atoms with Crippen molar-refractivity contribution in [3.05, 3.63) is 33.8 Å². The Balaban J connectivity index is 1.96. The fourth-order valence-corrected chi connectivity index (χ4v) is 2.99. The Morgan fingerprint density at radius 2 is 1.78 bits per heavy atom. The molecule has 2 aliphatic rings. The van der Waals surface area contributed by atoms with Gasteiger partial charge in [0.1, 0.15) is 0 Å². The van der Waals surface area contributed by atoms with E-state index in [1.165, 1.54) is 4.90 Å². The Labute approximate surface area is 113 Å². The number of imide groups is 1. The van der Waals surface area contributed by atoms with E-state index in [2.05, 4.69) is 21.2 Å². The molecular weight excluding hydrogens is 296 g/mol. The summed E-state index contributed by atoms with van der Waals surface area (Å²) in [5.74, 6) is -0.294. The molecule has 0 spiro atoms. The van der Waals surface area contributed by atoms with Crippen LogP contribution in [0, 0.1) is 0 Å². The number of fused-ring (bicyclic) bond motifs is 1. The van der Waals surface area contributed by atoms with Crippen molar-refractivity contribution in [1.29, 1.82) is 0 Å². The number of benzene rings is 1. The van der Waals surface area contributed by atoms with Gasteiger partial charge in [-0.05, 0) is 44.1 Å². The van der Waals surface area contributed by atoms with E-state index in [0.29, 0.717) is 11.1 Å². The highest BCUT2D eigenvalue weighted by Gasteiger charge is 2.40. The van der Waals surface area contributed by atoms with Crippen molar-refractivity contribution < 1.29 is 9.59 Å². The molecule has 1 fully saturated rings. The van der Waals surface area contributed by atoms with Gasteiger partial charge >= 0.3 is 0 Å². The molecule has 0 saturated carbocycles. The number of piperidine rings is 1. The van der Waals surface area contributed by atoms with Gasteiger partial charge in [-0.2, -0.15) is 0 Å². The van der Waals surface area contributed by atoms with Crippen molar-refractivity contribution in [2.45, 2.75) is 18.9 Å². The maximum atomic E-state index is 12.3. The lowest BCUT2D eigenvalue weighted by molar-refractivity contribution is 0.0556. The van der Waals surface area contributed by atoms with Crippen molar-refractivity contribution in [3.63, 3.8) is 0 Å². The van der Waals surface area contributed by atoms with E-state index in [9.17, 15) is 9.59 Å². The lowest BCUT2D eigenvalue weighted by Gasteiger charge is -2.29. The third-order valence-corrected chi connectivity index (χ3v) is 4.05. The van der Waals surface area contributed by atoms with Gasteiger partial charge in [0.25, 0.3) is 11.8 Å². The average Bonchev–Trinajstić information content (AvgIpc) is 2.63. The van der Waals surface area contributed by atoms with Crippen LogP contribution in [0.2, 0.25) is 0 Å². The highest BCUT2D eigenvalue weighted by Crippen LogP contribution is 2.29. The first kappa shape index (κ1) is 11.9. The molecule has 0 aliphatic carbocycles. The van der Waals surface area contributed by atoms with Crippen LogP contribution in [-0.4, -0.2) is 35.8 Å². The van der Waals surface area contributed by atoms with Gasteiger partial charge in [0.2, 0.25) is 0 Å². The zero-order valence-corrected chi connectivity index (χ0v) is 11.4. The largest absolute Gasteiger partial charge is 0.317 e. The number of carbonyl (C=O) groups excluding carboxylic acids is 2. The van der Waals surface area contributed by atoms with Gasteiger partial charge in [-0.3, -0.25) is 14.5 Å². The quantitative estimate of drug-likeness (QED) is 0.805. The van der Waals surface area contributed by atoms with E-state index in [-0.39, 0.29) is 17.9 Å². The van der Waals surface area contributed by atoms with Crippen molar-refractivity contribution in [2.75, 3.05) is 13.1 Å². The molecular formula is C13H13BrN2O2. The molecule has 1 aromatic rings. The van der Waals surface area contributed by atoms with Crippen LogP contribution in [0.5, 0.6) is 0 Å². The van der Waals surface area contributed by atoms with E-state index in [0.717, 1.165) is 30.4 Å². The number of hydrogen-bond donors (Lipinski definition) is 1. The molecule has 2 heterocycles. The second kappa shape index (κ2) is 4.48. The van der Waals surface area contributed by atoms with Crippen molar-refractivity contribution in [2.24, 2.45) is 0 Å². The Hall–Kier alpha value is -1.20. The number of amides is 2. The fraction of sp³-hybridized carbons (Fsp3) is 0.385. The molecule has 2 aliphatic heterocycles. The number of rotatable bonds is 1. The summed E-state index contributed by atoms with van der Waals surface area (Å²) in [5, 5.41) is 3.24. The number of halogens is 1. The van der Waals surface area contributed by atoms with Gasteiger partial charge in [-0.25, -0.2) is 0 Å². The average molecular weight is 309 g/mol. The normalized spacial score (nSPS) is 20.4. The van der Waals surface area contributed by atoms with E-state index >= 15 is 0 Å². The summed E-state index contributed by atoms with van der Waals surface area (Å²) >= 11 is 3.34. The van der Waals surface area contributed by atoms with E-state index in [1.807, 2.05) is 0 Å². The topological polar surface area (TPSA) is 49.4 Å². The molecule has 0 unspecified atom stereocenters. The minimum atomic E-state index is -0.150. The Morgan fingerprint density at radius 1 is 1.11 bits per heavy atom. The summed E-state index contributed by atoms with van der Waals surface area (Å²) in [5.41, 5.74) is 1.05. The Morgan fingerprint density at radius 3 is 2.50 bits per heavy atom. The van der Waals surface area contributed by atoms with Crippen LogP contribution in [0.15, 0.2) is 22.7 Å². The fourth-order valence-electron chi connectivity index (χ4n) is 2.63. The lowest BCUT2D eigenvalue weighted by Crippen LogP contribution is -2.45. The van der Waals surface area contributed by atoms with E-state index < -0.39 is 0 Å². The molecule has 94 valence electrons. The van der Waals surface area contributed by atoms with Gasteiger partial charge in [-0.1, -0.05) is 15.9 Å². The van der Waals surface area contributed by atoms with Crippen molar-refractivity contribution in [3.8, 4) is 0 Å². The molecule has 0 radical (unpaired) electrons. The first-order valence-corrected chi connectivity index (χ1v) is 6.86. The summed E-state index contributed by atoms with van der Waals surface area (Å²) < 4.78 is 0.828. The smallest absolute Gasteiger partial charge is 0.261 e. The molecule has 3 rings (SSSR count). The first-order chi connectivity index (χ1) is 8.68. The number of hydrogen-bond acceptors (Lipinski definition) is 3. The molecule has 1 saturated heterocycles. The lowest BCUT2D eigenvalue weighted by atomic mass is 10.1. The second-order valence-corrected chi connectivity index (χ2v) is 5.57. The molecule has 4 nitrogen and oxygen atoms in total. The molecule has 5 heteroatoms. The summed E-state index contributed by atoms with van der Waals surface area (Å²) in [6.45, 7) is 1.73. The maximum Gasteiger partial charge on any atom is 0.261 e. The van der Waals surface area contributed by atoms with Crippen LogP contribution >= 0.6 is 15.9 Å². The number of nitrogens with zero attached hydrogens (tertiary/aromatic N) is 1. The van der Waals surface area contributed by atoms with Crippen LogP contribution in [0.4, 0.5) is 0 Å². The Kier molecular flexibility index (Phi) is 2.95. The molecule has 2 amide bonds. The van der Waals surface area contributed by atoms with Crippen molar-refractivity contribution in [1.82, 2.24) is 10.2 Å². The number of nitrogens with one attached hydrogen (secondary N) is 1. The van der Waals surface area contributed by atoms with Crippen LogP contribution in [0.3, 0.4) is 0 Å². The molecule has 1 aromatic carbocycles. The summed E-state index contributed by atoms with van der Waals surface area (Å²) in [6, 6.07) is 5.30. The predicted molar refractivity (Wildman–Crippen MR) is 70.5 cm³/mol. The van der Waals surface area contributed by atoms with Crippen LogP contribution in [0.25, 0.3) is 0 Å². The minimum Gasteiger partial charge on any atom is -0.317 e.